The van der Waals surface area contributed by atoms with Crippen LogP contribution in [0.3, 0.4) is 0 Å². The zero-order valence-electron chi connectivity index (χ0n) is 16.7. The molecule has 2 aromatic rings. The second-order valence-electron chi connectivity index (χ2n) is 8.55. The molecule has 4 rings (SSSR count). The summed E-state index contributed by atoms with van der Waals surface area (Å²) in [5.41, 5.74) is 2.30. The van der Waals surface area contributed by atoms with Gasteiger partial charge >= 0.3 is 0 Å². The average Bonchev–Trinajstić information content (AvgIpc) is 3.16. The summed E-state index contributed by atoms with van der Waals surface area (Å²) in [5, 5.41) is 0. The summed E-state index contributed by atoms with van der Waals surface area (Å²) < 4.78 is 2.18. The van der Waals surface area contributed by atoms with Crippen molar-refractivity contribution in [3.05, 3.63) is 30.2 Å². The molecule has 146 valence electrons. The van der Waals surface area contributed by atoms with Crippen molar-refractivity contribution in [2.24, 2.45) is 5.92 Å². The van der Waals surface area contributed by atoms with Crippen LogP contribution in [0.4, 0.5) is 5.82 Å². The Balaban J connectivity index is 1.40. The number of anilines is 1. The molecule has 1 amide bonds. The van der Waals surface area contributed by atoms with Crippen molar-refractivity contribution in [3.8, 4) is 0 Å². The quantitative estimate of drug-likeness (QED) is 0.817. The molecule has 0 atom stereocenters. The van der Waals surface area contributed by atoms with Gasteiger partial charge in [-0.25, -0.2) is 4.98 Å². The van der Waals surface area contributed by atoms with Gasteiger partial charge in [-0.15, -0.1) is 0 Å². The van der Waals surface area contributed by atoms with Gasteiger partial charge in [-0.1, -0.05) is 19.3 Å². The highest BCUT2D eigenvalue weighted by atomic mass is 16.2. The fourth-order valence-corrected chi connectivity index (χ4v) is 4.76. The largest absolute Gasteiger partial charge is 0.361 e. The van der Waals surface area contributed by atoms with Crippen LogP contribution in [0.2, 0.25) is 0 Å². The number of aromatic nitrogens is 2. The summed E-state index contributed by atoms with van der Waals surface area (Å²) in [4.78, 5) is 21.8. The van der Waals surface area contributed by atoms with Gasteiger partial charge in [0.15, 0.2) is 5.82 Å². The molecule has 1 aliphatic heterocycles. The molecule has 3 heterocycles. The highest BCUT2D eigenvalue weighted by molar-refractivity contribution is 5.76. The molecule has 2 aromatic heterocycles. The van der Waals surface area contributed by atoms with Gasteiger partial charge in [-0.05, 0) is 43.7 Å². The monoisotopic (exact) mass is 368 g/mol. The first-order valence-corrected chi connectivity index (χ1v) is 10.5. The second kappa shape index (κ2) is 7.91. The lowest BCUT2D eigenvalue weighted by Crippen LogP contribution is -2.39. The summed E-state index contributed by atoms with van der Waals surface area (Å²) in [6.07, 6.45) is 13.5. The summed E-state index contributed by atoms with van der Waals surface area (Å²) in [6.45, 7) is 1.75. The minimum Gasteiger partial charge on any atom is -0.361 e. The van der Waals surface area contributed by atoms with Crippen molar-refractivity contribution in [1.82, 2.24) is 14.3 Å². The molecular weight excluding hydrogens is 336 g/mol. The van der Waals surface area contributed by atoms with Crippen LogP contribution in [0.25, 0.3) is 5.52 Å². The SMILES string of the molecule is CN(C)c1nc(C2CCN(C(=O)CC3CCCCC3)CC2)cn2cccc12. The van der Waals surface area contributed by atoms with E-state index in [2.05, 4.69) is 38.7 Å². The van der Waals surface area contributed by atoms with Gasteiger partial charge in [-0.3, -0.25) is 4.79 Å². The Morgan fingerprint density at radius 2 is 1.89 bits per heavy atom. The van der Waals surface area contributed by atoms with Crippen LogP contribution < -0.4 is 4.90 Å². The summed E-state index contributed by atoms with van der Waals surface area (Å²) in [6, 6.07) is 4.18. The first kappa shape index (κ1) is 18.3. The van der Waals surface area contributed by atoms with E-state index in [1.54, 1.807) is 0 Å². The van der Waals surface area contributed by atoms with Gasteiger partial charge in [0.1, 0.15) is 0 Å². The van der Waals surface area contributed by atoms with Gasteiger partial charge in [0.2, 0.25) is 5.91 Å². The summed E-state index contributed by atoms with van der Waals surface area (Å²) in [7, 11) is 4.09. The average molecular weight is 369 g/mol. The Hall–Kier alpha value is -2.04. The normalized spacial score (nSPS) is 19.6. The number of hydrogen-bond acceptors (Lipinski definition) is 3. The summed E-state index contributed by atoms with van der Waals surface area (Å²) >= 11 is 0. The number of carbonyl (C=O) groups excluding carboxylic acids is 1. The van der Waals surface area contributed by atoms with E-state index < -0.39 is 0 Å². The molecule has 27 heavy (non-hydrogen) atoms. The molecule has 1 aliphatic carbocycles. The Kier molecular flexibility index (Phi) is 5.37. The number of amides is 1. The maximum atomic E-state index is 12.7. The maximum Gasteiger partial charge on any atom is 0.222 e. The van der Waals surface area contributed by atoms with Gasteiger partial charge in [0, 0.05) is 51.9 Å². The number of piperidine rings is 1. The first-order valence-electron chi connectivity index (χ1n) is 10.5. The molecule has 0 bridgehead atoms. The Morgan fingerprint density at radius 3 is 2.59 bits per heavy atom. The fourth-order valence-electron chi connectivity index (χ4n) is 4.76. The van der Waals surface area contributed by atoms with E-state index in [-0.39, 0.29) is 0 Å². The highest BCUT2D eigenvalue weighted by Crippen LogP contribution is 2.31. The van der Waals surface area contributed by atoms with Crippen molar-refractivity contribution in [3.63, 3.8) is 0 Å². The van der Waals surface area contributed by atoms with Gasteiger partial charge in [-0.2, -0.15) is 0 Å². The van der Waals surface area contributed by atoms with Crippen LogP contribution >= 0.6 is 0 Å². The molecule has 0 radical (unpaired) electrons. The molecule has 1 saturated carbocycles. The van der Waals surface area contributed by atoms with E-state index in [1.165, 1.54) is 32.1 Å². The van der Waals surface area contributed by atoms with E-state index in [1.807, 2.05) is 14.1 Å². The van der Waals surface area contributed by atoms with Crippen LogP contribution in [0, 0.1) is 5.92 Å². The van der Waals surface area contributed by atoms with Crippen LogP contribution in [-0.2, 0) is 4.79 Å². The van der Waals surface area contributed by atoms with Gasteiger partial charge in [0.25, 0.3) is 0 Å². The minimum atomic E-state index is 0.378. The molecular formula is C22H32N4O. The van der Waals surface area contributed by atoms with Crippen LogP contribution in [-0.4, -0.2) is 47.4 Å². The van der Waals surface area contributed by atoms with Crippen LogP contribution in [0.15, 0.2) is 24.5 Å². The number of fused-ring (bicyclic) bond motifs is 1. The predicted molar refractivity (Wildman–Crippen MR) is 109 cm³/mol. The molecule has 5 heteroatoms. The smallest absolute Gasteiger partial charge is 0.222 e. The third-order valence-electron chi connectivity index (χ3n) is 6.39. The molecule has 5 nitrogen and oxygen atoms in total. The van der Waals surface area contributed by atoms with Crippen molar-refractivity contribution < 1.29 is 4.79 Å². The molecule has 0 N–H and O–H groups in total. The Labute approximate surface area is 162 Å². The van der Waals surface area contributed by atoms with E-state index in [4.69, 9.17) is 4.98 Å². The molecule has 2 fully saturated rings. The highest BCUT2D eigenvalue weighted by Gasteiger charge is 2.27. The van der Waals surface area contributed by atoms with Crippen LogP contribution in [0.1, 0.15) is 63.0 Å². The van der Waals surface area contributed by atoms with E-state index in [0.717, 1.165) is 49.4 Å². The fraction of sp³-hybridized carbons (Fsp3) is 0.636. The molecule has 0 aromatic carbocycles. The number of likely N-dealkylation sites (tertiary alicyclic amines) is 1. The number of rotatable bonds is 4. The second-order valence-corrected chi connectivity index (χ2v) is 8.55. The van der Waals surface area contributed by atoms with E-state index in [0.29, 0.717) is 17.7 Å². The van der Waals surface area contributed by atoms with Crippen molar-refractivity contribution >= 4 is 17.2 Å². The van der Waals surface area contributed by atoms with E-state index >= 15 is 0 Å². The zero-order valence-corrected chi connectivity index (χ0v) is 16.7. The maximum absolute atomic E-state index is 12.7. The Bertz CT molecular complexity index is 783. The molecule has 0 unspecified atom stereocenters. The first-order chi connectivity index (χ1) is 13.1. The zero-order chi connectivity index (χ0) is 18.8. The Morgan fingerprint density at radius 1 is 1.15 bits per heavy atom. The standard InChI is InChI=1S/C22H32N4O/c1-24(2)22-20-9-6-12-26(20)16-19(23-22)18-10-13-25(14-11-18)21(27)15-17-7-4-3-5-8-17/h6,9,12,16-18H,3-5,7-8,10-11,13-15H2,1-2H3. The molecule has 1 saturated heterocycles. The minimum absolute atomic E-state index is 0.378. The van der Waals surface area contributed by atoms with E-state index in [9.17, 15) is 4.79 Å². The van der Waals surface area contributed by atoms with Gasteiger partial charge in [0.05, 0.1) is 11.2 Å². The molecule has 0 spiro atoms. The summed E-state index contributed by atoms with van der Waals surface area (Å²) in [5.74, 6) is 2.47. The van der Waals surface area contributed by atoms with Crippen LogP contribution in [0.5, 0.6) is 0 Å². The molecule has 2 aliphatic rings. The van der Waals surface area contributed by atoms with Crippen molar-refractivity contribution in [2.75, 3.05) is 32.1 Å². The number of hydrogen-bond donors (Lipinski definition) is 0. The van der Waals surface area contributed by atoms with Crippen molar-refractivity contribution in [2.45, 2.75) is 57.3 Å². The lowest BCUT2D eigenvalue weighted by Gasteiger charge is -2.33. The topological polar surface area (TPSA) is 40.9 Å². The third kappa shape index (κ3) is 3.97. The predicted octanol–water partition coefficient (Wildman–Crippen LogP) is 4.08. The third-order valence-corrected chi connectivity index (χ3v) is 6.39. The number of nitrogens with zero attached hydrogens (tertiary/aromatic N) is 4. The number of carbonyl (C=O) groups is 1. The lowest BCUT2D eigenvalue weighted by molar-refractivity contribution is -0.133. The van der Waals surface area contributed by atoms with Gasteiger partial charge < -0.3 is 14.2 Å². The lowest BCUT2D eigenvalue weighted by atomic mass is 9.86. The van der Waals surface area contributed by atoms with Crippen molar-refractivity contribution in [1.29, 1.82) is 0 Å².